The molecule has 1 unspecified atom stereocenters. The molecule has 0 bridgehead atoms. The van der Waals surface area contributed by atoms with Crippen molar-refractivity contribution < 1.29 is 19.7 Å². The molecule has 0 radical (unpaired) electrons. The number of carboxylic acid groups (broad SMARTS) is 1. The van der Waals surface area contributed by atoms with Crippen molar-refractivity contribution in [3.05, 3.63) is 65.2 Å². The van der Waals surface area contributed by atoms with Gasteiger partial charge in [0, 0.05) is 5.56 Å². The molecular weight excluding hydrogens is 304 g/mol. The summed E-state index contributed by atoms with van der Waals surface area (Å²) in [6.07, 6.45) is 1.51. The molecule has 0 saturated heterocycles. The predicted molar refractivity (Wildman–Crippen MR) is 94.7 cm³/mol. The maximum atomic E-state index is 11.4. The molecule has 4 nitrogen and oxygen atoms in total. The lowest BCUT2D eigenvalue weighted by Crippen LogP contribution is -2.06. The molecule has 2 N–H and O–H groups in total. The summed E-state index contributed by atoms with van der Waals surface area (Å²) in [6, 6.07) is 10.8. The zero-order valence-electron chi connectivity index (χ0n) is 14.1. The number of hydrogen-bond acceptors (Lipinski definition) is 3. The van der Waals surface area contributed by atoms with Crippen LogP contribution in [0.5, 0.6) is 11.5 Å². The van der Waals surface area contributed by atoms with Gasteiger partial charge in [-0.25, -0.2) is 4.79 Å². The van der Waals surface area contributed by atoms with Gasteiger partial charge < -0.3 is 14.9 Å². The Labute approximate surface area is 142 Å². The van der Waals surface area contributed by atoms with Crippen LogP contribution in [-0.2, 0) is 0 Å². The van der Waals surface area contributed by atoms with Gasteiger partial charge >= 0.3 is 5.97 Å². The number of aromatic hydroxyl groups is 1. The molecule has 0 heterocycles. The first-order chi connectivity index (χ1) is 11.3. The van der Waals surface area contributed by atoms with E-state index in [0.717, 1.165) is 11.1 Å². The number of carboxylic acids is 1. The Morgan fingerprint density at radius 3 is 2.29 bits per heavy atom. The molecule has 2 aromatic rings. The van der Waals surface area contributed by atoms with Gasteiger partial charge in [-0.1, -0.05) is 50.8 Å². The molecule has 126 valence electrons. The molecule has 0 saturated carbocycles. The average Bonchev–Trinajstić information content (AvgIpc) is 2.55. The summed E-state index contributed by atoms with van der Waals surface area (Å²) in [7, 11) is 0. The van der Waals surface area contributed by atoms with Gasteiger partial charge in [0.25, 0.3) is 0 Å². The second kappa shape index (κ2) is 7.21. The lowest BCUT2D eigenvalue weighted by atomic mass is 9.98. The third kappa shape index (κ3) is 3.77. The van der Waals surface area contributed by atoms with Crippen molar-refractivity contribution in [3.8, 4) is 11.5 Å². The van der Waals surface area contributed by atoms with E-state index >= 15 is 0 Å². The number of carbonyl (C=O) groups is 1. The first kappa shape index (κ1) is 17.6. The maximum absolute atomic E-state index is 11.4. The summed E-state index contributed by atoms with van der Waals surface area (Å²) in [4.78, 5) is 11.4. The van der Waals surface area contributed by atoms with Gasteiger partial charge in [0.15, 0.2) is 0 Å². The minimum atomic E-state index is -1.18. The summed E-state index contributed by atoms with van der Waals surface area (Å²) in [5.41, 5.74) is 2.40. The number of benzene rings is 2. The predicted octanol–water partition coefficient (Wildman–Crippen LogP) is 5.00. The van der Waals surface area contributed by atoms with Gasteiger partial charge in [-0.15, -0.1) is 0 Å². The van der Waals surface area contributed by atoms with Crippen LogP contribution in [0.25, 0.3) is 6.08 Å². The van der Waals surface area contributed by atoms with Crippen LogP contribution in [0.1, 0.15) is 59.8 Å². The maximum Gasteiger partial charge on any atom is 0.339 e. The SMILES string of the molecule is C=Cc1ccc(C(C)Oc2cc(C(=O)O)c(O)c(C(C)C)c2)cc1. The van der Waals surface area contributed by atoms with Gasteiger partial charge in [0.05, 0.1) is 0 Å². The van der Waals surface area contributed by atoms with Crippen LogP contribution in [0.15, 0.2) is 43.0 Å². The van der Waals surface area contributed by atoms with Crippen molar-refractivity contribution in [1.82, 2.24) is 0 Å². The quantitative estimate of drug-likeness (QED) is 0.784. The lowest BCUT2D eigenvalue weighted by molar-refractivity contribution is 0.0692. The van der Waals surface area contributed by atoms with Crippen molar-refractivity contribution in [2.45, 2.75) is 32.8 Å². The summed E-state index contributed by atoms with van der Waals surface area (Å²) >= 11 is 0. The molecule has 0 amide bonds. The molecule has 2 rings (SSSR count). The monoisotopic (exact) mass is 326 g/mol. The van der Waals surface area contributed by atoms with E-state index in [2.05, 4.69) is 6.58 Å². The zero-order chi connectivity index (χ0) is 17.9. The minimum Gasteiger partial charge on any atom is -0.507 e. The van der Waals surface area contributed by atoms with E-state index in [4.69, 9.17) is 4.74 Å². The highest BCUT2D eigenvalue weighted by Gasteiger charge is 2.19. The first-order valence-electron chi connectivity index (χ1n) is 7.82. The second-order valence-electron chi connectivity index (χ2n) is 6.00. The van der Waals surface area contributed by atoms with Crippen molar-refractivity contribution in [2.75, 3.05) is 0 Å². The topological polar surface area (TPSA) is 66.8 Å². The van der Waals surface area contributed by atoms with E-state index in [1.54, 1.807) is 12.1 Å². The van der Waals surface area contributed by atoms with E-state index in [-0.39, 0.29) is 23.3 Å². The molecule has 2 aromatic carbocycles. The fourth-order valence-corrected chi connectivity index (χ4v) is 2.48. The summed E-state index contributed by atoms with van der Waals surface area (Å²) in [5.74, 6) is -0.973. The number of rotatable bonds is 6. The second-order valence-corrected chi connectivity index (χ2v) is 6.00. The Balaban J connectivity index is 2.33. The van der Waals surface area contributed by atoms with E-state index in [9.17, 15) is 15.0 Å². The van der Waals surface area contributed by atoms with E-state index in [1.807, 2.05) is 45.0 Å². The van der Waals surface area contributed by atoms with Gasteiger partial charge in [-0.2, -0.15) is 0 Å². The number of ether oxygens (including phenoxy) is 1. The van der Waals surface area contributed by atoms with Crippen LogP contribution in [0, 0.1) is 0 Å². The highest BCUT2D eigenvalue weighted by Crippen LogP contribution is 2.35. The largest absolute Gasteiger partial charge is 0.507 e. The first-order valence-corrected chi connectivity index (χ1v) is 7.82. The zero-order valence-corrected chi connectivity index (χ0v) is 14.1. The molecule has 0 aliphatic heterocycles. The van der Waals surface area contributed by atoms with Gasteiger partial charge in [-0.3, -0.25) is 0 Å². The van der Waals surface area contributed by atoms with E-state index < -0.39 is 5.97 Å². The third-order valence-electron chi connectivity index (χ3n) is 3.92. The smallest absolute Gasteiger partial charge is 0.339 e. The highest BCUT2D eigenvalue weighted by atomic mass is 16.5. The minimum absolute atomic E-state index is 0.0196. The highest BCUT2D eigenvalue weighted by molar-refractivity contribution is 5.92. The lowest BCUT2D eigenvalue weighted by Gasteiger charge is -2.18. The van der Waals surface area contributed by atoms with Gasteiger partial charge in [-0.05, 0) is 36.1 Å². The molecule has 0 aliphatic rings. The number of hydrogen-bond donors (Lipinski definition) is 2. The van der Waals surface area contributed by atoms with Gasteiger partial charge in [0.1, 0.15) is 23.2 Å². The molecular formula is C20H22O4. The number of aromatic carboxylic acids is 1. The van der Waals surface area contributed by atoms with Crippen molar-refractivity contribution in [3.63, 3.8) is 0 Å². The molecule has 0 fully saturated rings. The molecule has 0 aliphatic carbocycles. The Morgan fingerprint density at radius 2 is 1.79 bits per heavy atom. The molecule has 1 atom stereocenters. The molecule has 0 spiro atoms. The van der Waals surface area contributed by atoms with Crippen LogP contribution < -0.4 is 4.74 Å². The van der Waals surface area contributed by atoms with Crippen molar-refractivity contribution >= 4 is 12.0 Å². The summed E-state index contributed by atoms with van der Waals surface area (Å²) in [6.45, 7) is 9.40. The van der Waals surface area contributed by atoms with Gasteiger partial charge in [0.2, 0.25) is 0 Å². The summed E-state index contributed by atoms with van der Waals surface area (Å²) < 4.78 is 5.91. The van der Waals surface area contributed by atoms with Crippen LogP contribution in [0.2, 0.25) is 0 Å². The molecule has 0 aromatic heterocycles. The van der Waals surface area contributed by atoms with Crippen molar-refractivity contribution in [2.24, 2.45) is 0 Å². The third-order valence-corrected chi connectivity index (χ3v) is 3.92. The van der Waals surface area contributed by atoms with Crippen LogP contribution in [0.3, 0.4) is 0 Å². The number of phenols is 1. The fourth-order valence-electron chi connectivity index (χ4n) is 2.48. The fraction of sp³-hybridized carbons (Fsp3) is 0.250. The molecule has 24 heavy (non-hydrogen) atoms. The summed E-state index contributed by atoms with van der Waals surface area (Å²) in [5, 5.41) is 19.4. The Bertz CT molecular complexity index is 745. The normalized spacial score (nSPS) is 12.0. The van der Waals surface area contributed by atoms with Crippen molar-refractivity contribution in [1.29, 1.82) is 0 Å². The van der Waals surface area contributed by atoms with E-state index in [1.165, 1.54) is 6.07 Å². The van der Waals surface area contributed by atoms with Crippen LogP contribution >= 0.6 is 0 Å². The average molecular weight is 326 g/mol. The standard InChI is InChI=1S/C20H22O4/c1-5-14-6-8-15(9-7-14)13(4)24-16-10-17(12(2)3)19(21)18(11-16)20(22)23/h5-13,21H,1H2,2-4H3,(H,22,23). The van der Waals surface area contributed by atoms with Crippen LogP contribution in [0.4, 0.5) is 0 Å². The Morgan fingerprint density at radius 1 is 1.17 bits per heavy atom. The van der Waals surface area contributed by atoms with E-state index in [0.29, 0.717) is 11.3 Å². The Kier molecular flexibility index (Phi) is 5.29. The Hall–Kier alpha value is -2.75. The van der Waals surface area contributed by atoms with Crippen LogP contribution in [-0.4, -0.2) is 16.2 Å². The molecule has 4 heteroatoms.